The number of phenolic OH excluding ortho intramolecular Hbond substituents is 1. The van der Waals surface area contributed by atoms with E-state index in [1.54, 1.807) is 12.1 Å². The van der Waals surface area contributed by atoms with Gasteiger partial charge in [0.1, 0.15) is 5.75 Å². The van der Waals surface area contributed by atoms with Gasteiger partial charge in [0.2, 0.25) is 0 Å². The van der Waals surface area contributed by atoms with Gasteiger partial charge in [-0.3, -0.25) is 4.79 Å². The van der Waals surface area contributed by atoms with Gasteiger partial charge in [-0.2, -0.15) is 0 Å². The first kappa shape index (κ1) is 16.0. The summed E-state index contributed by atoms with van der Waals surface area (Å²) >= 11 is 10.1. The van der Waals surface area contributed by atoms with Crippen molar-refractivity contribution in [1.82, 2.24) is 5.32 Å². The summed E-state index contributed by atoms with van der Waals surface area (Å²) in [6, 6.07) is 4.79. The van der Waals surface area contributed by atoms with E-state index in [4.69, 9.17) is 0 Å². The molecular weight excluding hydrogens is 430 g/mol. The maximum atomic E-state index is 12.2. The van der Waals surface area contributed by atoms with E-state index in [-0.39, 0.29) is 22.8 Å². The minimum atomic E-state index is -0.355. The normalized spacial score (nSPS) is 11.3. The van der Waals surface area contributed by atoms with Crippen LogP contribution < -0.4 is 5.32 Å². The number of hydrogen-bond donors (Lipinski definition) is 2. The van der Waals surface area contributed by atoms with Crippen LogP contribution >= 0.6 is 47.8 Å². The van der Waals surface area contributed by atoms with E-state index < -0.39 is 0 Å². The molecule has 0 aliphatic carbocycles. The molecule has 3 nitrogen and oxygen atoms in total. The number of nitrogens with one attached hydrogen (secondary N) is 1. The molecule has 0 aliphatic rings. The highest BCUT2D eigenvalue weighted by Crippen LogP contribution is 2.24. The summed E-state index contributed by atoms with van der Waals surface area (Å²) < 4.78 is 0.755. The van der Waals surface area contributed by atoms with Gasteiger partial charge in [0.05, 0.1) is 11.1 Å². The van der Waals surface area contributed by atoms with E-state index in [0.29, 0.717) is 10.7 Å². The van der Waals surface area contributed by atoms with Crippen LogP contribution in [0.5, 0.6) is 5.75 Å². The maximum absolute atomic E-state index is 12.2. The number of carbonyl (C=O) groups excluding carboxylic acids is 1. The van der Waals surface area contributed by atoms with Crippen molar-refractivity contribution in [2.24, 2.45) is 0 Å². The average Bonchev–Trinajstić information content (AvgIpc) is 2.38. The van der Waals surface area contributed by atoms with Gasteiger partial charge in [0.25, 0.3) is 5.91 Å². The summed E-state index contributed by atoms with van der Waals surface area (Å²) in [5.74, 6) is -0.306. The molecule has 0 fully saturated rings. The third kappa shape index (κ3) is 3.71. The van der Waals surface area contributed by atoms with Gasteiger partial charge in [-0.15, -0.1) is 0 Å². The van der Waals surface area contributed by atoms with Crippen LogP contribution in [-0.2, 0) is 0 Å². The number of halogens is 3. The molecule has 18 heavy (non-hydrogen) atoms. The summed E-state index contributed by atoms with van der Waals surface area (Å²) in [6.07, 6.45) is 0.782. The molecule has 0 heterocycles. The molecule has 6 heteroatoms. The van der Waals surface area contributed by atoms with E-state index in [9.17, 15) is 9.90 Å². The van der Waals surface area contributed by atoms with Crippen LogP contribution in [0, 0.1) is 0 Å². The fourth-order valence-corrected chi connectivity index (χ4v) is 3.74. The number of carbonyl (C=O) groups is 1. The third-order valence-corrected chi connectivity index (χ3v) is 5.41. The molecule has 0 aromatic heterocycles. The molecule has 2 N–H and O–H groups in total. The summed E-state index contributed by atoms with van der Waals surface area (Å²) in [5, 5.41) is 13.9. The SMILES string of the molecule is CCC(CBr)(CBr)NC(=O)c1cc(Br)ccc1O. The summed E-state index contributed by atoms with van der Waals surface area (Å²) in [7, 11) is 0. The Kier molecular flexibility index (Phi) is 6.14. The molecule has 0 spiro atoms. The van der Waals surface area contributed by atoms with Gasteiger partial charge in [0, 0.05) is 15.1 Å². The Hall–Kier alpha value is -0.0700. The number of benzene rings is 1. The second kappa shape index (κ2) is 6.91. The van der Waals surface area contributed by atoms with Gasteiger partial charge < -0.3 is 10.4 Å². The van der Waals surface area contributed by atoms with Crippen LogP contribution in [0.1, 0.15) is 23.7 Å². The number of aromatic hydroxyl groups is 1. The van der Waals surface area contributed by atoms with E-state index in [2.05, 4.69) is 53.1 Å². The minimum Gasteiger partial charge on any atom is -0.507 e. The Morgan fingerprint density at radius 3 is 2.50 bits per heavy atom. The van der Waals surface area contributed by atoms with Crippen LogP contribution in [0.25, 0.3) is 0 Å². The molecule has 100 valence electrons. The van der Waals surface area contributed by atoms with Crippen LogP contribution in [-0.4, -0.2) is 27.2 Å². The first-order chi connectivity index (χ1) is 8.48. The molecular formula is C12H14Br3NO2. The van der Waals surface area contributed by atoms with E-state index in [1.807, 2.05) is 6.92 Å². The molecule has 0 aliphatic heterocycles. The Morgan fingerprint density at radius 1 is 1.39 bits per heavy atom. The highest BCUT2D eigenvalue weighted by molar-refractivity contribution is 9.10. The molecule has 0 saturated heterocycles. The molecule has 0 unspecified atom stereocenters. The lowest BCUT2D eigenvalue weighted by atomic mass is 10.0. The molecule has 1 amide bonds. The average molecular weight is 444 g/mol. The number of phenols is 1. The molecule has 1 aromatic carbocycles. The van der Waals surface area contributed by atoms with E-state index >= 15 is 0 Å². The summed E-state index contributed by atoms with van der Waals surface area (Å²) in [5.41, 5.74) is -0.0876. The monoisotopic (exact) mass is 441 g/mol. The fraction of sp³-hybridized carbons (Fsp3) is 0.417. The fourth-order valence-electron chi connectivity index (χ4n) is 1.38. The van der Waals surface area contributed by atoms with Crippen molar-refractivity contribution in [1.29, 1.82) is 0 Å². The van der Waals surface area contributed by atoms with Gasteiger partial charge in [0.15, 0.2) is 0 Å². The lowest BCUT2D eigenvalue weighted by Gasteiger charge is -2.30. The predicted molar refractivity (Wildman–Crippen MR) is 83.9 cm³/mol. The first-order valence-electron chi connectivity index (χ1n) is 5.41. The van der Waals surface area contributed by atoms with E-state index in [1.165, 1.54) is 6.07 Å². The van der Waals surface area contributed by atoms with Crippen molar-refractivity contribution in [2.45, 2.75) is 18.9 Å². The van der Waals surface area contributed by atoms with Crippen molar-refractivity contribution < 1.29 is 9.90 Å². The van der Waals surface area contributed by atoms with Crippen LogP contribution in [0.3, 0.4) is 0 Å². The number of rotatable bonds is 5. The largest absolute Gasteiger partial charge is 0.507 e. The van der Waals surface area contributed by atoms with Gasteiger partial charge in [-0.05, 0) is 24.6 Å². The lowest BCUT2D eigenvalue weighted by molar-refractivity contribution is 0.0912. The quantitative estimate of drug-likeness (QED) is 0.679. The molecule has 0 bridgehead atoms. The number of alkyl halides is 2. The van der Waals surface area contributed by atoms with Crippen molar-refractivity contribution >= 4 is 53.7 Å². The zero-order valence-corrected chi connectivity index (χ0v) is 14.6. The second-order valence-corrected chi connectivity index (χ2v) is 6.05. The Labute approximate surface area is 132 Å². The van der Waals surface area contributed by atoms with Crippen molar-refractivity contribution in [2.75, 3.05) is 10.7 Å². The summed E-state index contributed by atoms with van der Waals surface area (Å²) in [4.78, 5) is 12.2. The standard InChI is InChI=1S/C12H14Br3NO2/c1-2-12(6-13,7-14)16-11(18)9-5-8(15)3-4-10(9)17/h3-5,17H,2,6-7H2,1H3,(H,16,18). The van der Waals surface area contributed by atoms with E-state index in [0.717, 1.165) is 10.9 Å². The number of hydrogen-bond acceptors (Lipinski definition) is 2. The second-order valence-electron chi connectivity index (χ2n) is 4.02. The highest BCUT2D eigenvalue weighted by atomic mass is 79.9. The van der Waals surface area contributed by atoms with Crippen LogP contribution in [0.4, 0.5) is 0 Å². The van der Waals surface area contributed by atoms with Gasteiger partial charge in [-0.25, -0.2) is 0 Å². The first-order valence-corrected chi connectivity index (χ1v) is 8.44. The molecule has 0 saturated carbocycles. The van der Waals surface area contributed by atoms with Crippen molar-refractivity contribution in [3.8, 4) is 5.75 Å². The smallest absolute Gasteiger partial charge is 0.255 e. The summed E-state index contributed by atoms with van der Waals surface area (Å²) in [6.45, 7) is 2.00. The molecule has 0 atom stereocenters. The number of amides is 1. The zero-order chi connectivity index (χ0) is 13.8. The van der Waals surface area contributed by atoms with Crippen LogP contribution in [0.2, 0.25) is 0 Å². The van der Waals surface area contributed by atoms with Crippen LogP contribution in [0.15, 0.2) is 22.7 Å². The van der Waals surface area contributed by atoms with Gasteiger partial charge in [-0.1, -0.05) is 54.7 Å². The highest BCUT2D eigenvalue weighted by Gasteiger charge is 2.28. The third-order valence-electron chi connectivity index (χ3n) is 2.77. The van der Waals surface area contributed by atoms with Crippen molar-refractivity contribution in [3.63, 3.8) is 0 Å². The van der Waals surface area contributed by atoms with Crippen molar-refractivity contribution in [3.05, 3.63) is 28.2 Å². The zero-order valence-electron chi connectivity index (χ0n) is 9.84. The topological polar surface area (TPSA) is 49.3 Å². The minimum absolute atomic E-state index is 0.0233. The Balaban J connectivity index is 2.97. The Bertz CT molecular complexity index is 425. The van der Waals surface area contributed by atoms with Gasteiger partial charge >= 0.3 is 0 Å². The molecule has 1 rings (SSSR count). The molecule has 0 radical (unpaired) electrons. The Morgan fingerprint density at radius 2 is 2.00 bits per heavy atom. The maximum Gasteiger partial charge on any atom is 0.255 e. The lowest BCUT2D eigenvalue weighted by Crippen LogP contribution is -2.51. The molecule has 1 aromatic rings. The predicted octanol–water partition coefficient (Wildman–Crippen LogP) is 3.82.